The van der Waals surface area contributed by atoms with Crippen molar-refractivity contribution in [1.82, 2.24) is 15.3 Å². The zero-order chi connectivity index (χ0) is 28.4. The molecule has 0 saturated heterocycles. The molecule has 206 valence electrons. The molecule has 2 aromatic carbocycles. The van der Waals surface area contributed by atoms with Crippen molar-refractivity contribution in [3.8, 4) is 11.3 Å². The van der Waals surface area contributed by atoms with E-state index in [-0.39, 0.29) is 18.1 Å². The van der Waals surface area contributed by atoms with Gasteiger partial charge in [0.05, 0.1) is 28.5 Å². The third-order valence-electron chi connectivity index (χ3n) is 6.34. The van der Waals surface area contributed by atoms with Gasteiger partial charge in [0.15, 0.2) is 0 Å². The number of allylic oxidation sites excluding steroid dienone is 2. The molecule has 3 aromatic rings. The zero-order valence-electron chi connectivity index (χ0n) is 22.1. The first-order valence-electron chi connectivity index (χ1n) is 12.9. The highest BCUT2D eigenvalue weighted by molar-refractivity contribution is 6.30. The van der Waals surface area contributed by atoms with Crippen LogP contribution >= 0.6 is 11.6 Å². The van der Waals surface area contributed by atoms with E-state index in [1.807, 2.05) is 19.1 Å². The monoisotopic (exact) mass is 553 g/mol. The third kappa shape index (κ3) is 8.35. The van der Waals surface area contributed by atoms with Crippen LogP contribution in [0.15, 0.2) is 65.9 Å². The van der Waals surface area contributed by atoms with E-state index in [0.29, 0.717) is 64.3 Å². The van der Waals surface area contributed by atoms with Gasteiger partial charge in [0.1, 0.15) is 12.4 Å². The molecule has 7 nitrogen and oxygen atoms in total. The number of halogens is 2. The molecule has 1 atom stereocenters. The number of carbonyl (C=O) groups excluding carboxylic acids is 1. The third-order valence-corrected chi connectivity index (χ3v) is 6.60. The molecule has 0 saturated carbocycles. The predicted octanol–water partition coefficient (Wildman–Crippen LogP) is 7.00. The van der Waals surface area contributed by atoms with Crippen LogP contribution in [0.3, 0.4) is 0 Å². The maximum atomic E-state index is 13.2. The molecule has 39 heavy (non-hydrogen) atoms. The number of alkyl halides is 1. The molecule has 1 aromatic heterocycles. The van der Waals surface area contributed by atoms with Gasteiger partial charge in [-0.2, -0.15) is 0 Å². The number of nitrogens with one attached hydrogen (secondary N) is 1. The molecule has 0 aliphatic heterocycles. The largest absolute Gasteiger partial charge is 0.508 e. The highest BCUT2D eigenvalue weighted by Crippen LogP contribution is 2.27. The topological polar surface area (TPSA) is 112 Å². The van der Waals surface area contributed by atoms with E-state index in [1.165, 1.54) is 12.2 Å². The zero-order valence-corrected chi connectivity index (χ0v) is 22.8. The SMILES string of the molecule is CCC[C@H](NC(=O)c1ccc2nc(-c3ccc(Cl)cc3)c(CCCCC(=O)O)nc2c1)/C(C)=C(O)/C=C\CF. The van der Waals surface area contributed by atoms with E-state index in [4.69, 9.17) is 26.7 Å². The summed E-state index contributed by atoms with van der Waals surface area (Å²) in [6.45, 7) is 2.99. The van der Waals surface area contributed by atoms with Crippen molar-refractivity contribution < 1.29 is 24.2 Å². The van der Waals surface area contributed by atoms with Gasteiger partial charge in [-0.25, -0.2) is 14.4 Å². The summed E-state index contributed by atoms with van der Waals surface area (Å²) in [6.07, 6.45) is 5.61. The second kappa shape index (κ2) is 14.4. The first-order valence-corrected chi connectivity index (χ1v) is 13.3. The van der Waals surface area contributed by atoms with Gasteiger partial charge in [0.2, 0.25) is 0 Å². The number of nitrogens with zero attached hydrogens (tertiary/aromatic N) is 2. The Bertz CT molecular complexity index is 1370. The summed E-state index contributed by atoms with van der Waals surface area (Å²) < 4.78 is 12.5. The van der Waals surface area contributed by atoms with E-state index in [1.54, 1.807) is 37.3 Å². The maximum absolute atomic E-state index is 13.2. The Morgan fingerprint density at radius 1 is 1.08 bits per heavy atom. The van der Waals surface area contributed by atoms with Gasteiger partial charge in [-0.05, 0) is 74.6 Å². The number of fused-ring (bicyclic) bond motifs is 1. The van der Waals surface area contributed by atoms with Crippen molar-refractivity contribution in [2.45, 2.75) is 58.4 Å². The summed E-state index contributed by atoms with van der Waals surface area (Å²) in [6, 6.07) is 11.9. The molecular weight excluding hydrogens is 521 g/mol. The van der Waals surface area contributed by atoms with Crippen LogP contribution in [0.1, 0.15) is 62.0 Å². The first-order chi connectivity index (χ1) is 18.7. The summed E-state index contributed by atoms with van der Waals surface area (Å²) in [7, 11) is 0. The molecule has 0 fully saturated rings. The first kappa shape index (κ1) is 29.8. The molecule has 9 heteroatoms. The Kier molecular flexibility index (Phi) is 11.0. The van der Waals surface area contributed by atoms with Gasteiger partial charge in [0.25, 0.3) is 5.91 Å². The maximum Gasteiger partial charge on any atom is 0.303 e. The number of aromatic nitrogens is 2. The fraction of sp³-hybridized carbons (Fsp3) is 0.333. The van der Waals surface area contributed by atoms with Crippen LogP contribution in [0, 0.1) is 0 Å². The number of rotatable bonds is 13. The molecule has 0 aliphatic carbocycles. The van der Waals surface area contributed by atoms with Crippen LogP contribution in [0.2, 0.25) is 5.02 Å². The number of amides is 1. The van der Waals surface area contributed by atoms with Gasteiger partial charge in [-0.3, -0.25) is 9.59 Å². The number of hydrogen-bond donors (Lipinski definition) is 3. The Morgan fingerprint density at radius 3 is 2.49 bits per heavy atom. The molecule has 0 unspecified atom stereocenters. The van der Waals surface area contributed by atoms with Crippen molar-refractivity contribution in [3.05, 3.63) is 82.2 Å². The summed E-state index contributed by atoms with van der Waals surface area (Å²) in [4.78, 5) is 33.8. The number of carboxylic acid groups (broad SMARTS) is 1. The molecule has 1 amide bonds. The van der Waals surface area contributed by atoms with E-state index < -0.39 is 18.7 Å². The van der Waals surface area contributed by atoms with E-state index in [0.717, 1.165) is 12.0 Å². The van der Waals surface area contributed by atoms with Crippen LogP contribution in [0.4, 0.5) is 4.39 Å². The minimum Gasteiger partial charge on any atom is -0.508 e. The number of carboxylic acids is 1. The highest BCUT2D eigenvalue weighted by Gasteiger charge is 2.19. The van der Waals surface area contributed by atoms with Gasteiger partial charge >= 0.3 is 5.97 Å². The highest BCUT2D eigenvalue weighted by atomic mass is 35.5. The van der Waals surface area contributed by atoms with Gasteiger partial charge in [-0.1, -0.05) is 43.2 Å². The van der Waals surface area contributed by atoms with Crippen LogP contribution in [0.5, 0.6) is 0 Å². The molecule has 3 rings (SSSR count). The Balaban J connectivity index is 1.94. The van der Waals surface area contributed by atoms with Crippen molar-refractivity contribution in [1.29, 1.82) is 0 Å². The number of hydrogen-bond acceptors (Lipinski definition) is 5. The van der Waals surface area contributed by atoms with Crippen LogP contribution < -0.4 is 5.32 Å². The summed E-state index contributed by atoms with van der Waals surface area (Å²) in [5.41, 5.74) is 4.33. The van der Waals surface area contributed by atoms with Crippen LogP contribution in [-0.2, 0) is 11.2 Å². The average Bonchev–Trinajstić information content (AvgIpc) is 2.92. The normalized spacial score (nSPS) is 12.9. The molecule has 1 heterocycles. The second-order valence-electron chi connectivity index (χ2n) is 9.27. The molecular formula is C30H33ClFN3O4. The molecule has 0 radical (unpaired) electrons. The summed E-state index contributed by atoms with van der Waals surface area (Å²) >= 11 is 6.06. The van der Waals surface area contributed by atoms with Crippen molar-refractivity contribution in [2.24, 2.45) is 0 Å². The summed E-state index contributed by atoms with van der Waals surface area (Å²) in [5, 5.41) is 22.8. The Morgan fingerprint density at radius 2 is 1.82 bits per heavy atom. The lowest BCUT2D eigenvalue weighted by molar-refractivity contribution is -0.137. The second-order valence-corrected chi connectivity index (χ2v) is 9.71. The lowest BCUT2D eigenvalue weighted by Gasteiger charge is -2.20. The standard InChI is InChI=1S/C30H33ClFN3O4/c1-3-7-23(19(2)27(36)9-6-17-32)35-30(39)21-13-16-24-26(18-21)33-25(8-4-5-10-28(37)38)29(34-24)20-11-14-22(31)15-12-20/h6,9,11-16,18,23,36H,3-5,7-8,10,17H2,1-2H3,(H,35,39)(H,37,38)/b9-6-,27-19-/t23-/m0/s1. The lowest BCUT2D eigenvalue weighted by atomic mass is 10.0. The molecule has 3 N–H and O–H groups in total. The molecule has 0 bridgehead atoms. The number of aliphatic carboxylic acids is 1. The van der Waals surface area contributed by atoms with E-state index >= 15 is 0 Å². The lowest BCUT2D eigenvalue weighted by Crippen LogP contribution is -2.36. The number of carbonyl (C=O) groups is 2. The van der Waals surface area contributed by atoms with E-state index in [9.17, 15) is 19.1 Å². The van der Waals surface area contributed by atoms with Gasteiger partial charge in [0, 0.05) is 22.6 Å². The number of benzene rings is 2. The Hall–Kier alpha value is -3.78. The van der Waals surface area contributed by atoms with Crippen LogP contribution in [-0.4, -0.2) is 44.8 Å². The number of aryl methyl sites for hydroxylation is 1. The van der Waals surface area contributed by atoms with Gasteiger partial charge in [-0.15, -0.1) is 0 Å². The number of aliphatic hydroxyl groups excluding tert-OH is 1. The quantitative estimate of drug-likeness (QED) is 0.119. The smallest absolute Gasteiger partial charge is 0.303 e. The number of unbranched alkanes of at least 4 members (excludes halogenated alkanes) is 1. The van der Waals surface area contributed by atoms with Crippen molar-refractivity contribution in [2.75, 3.05) is 6.67 Å². The predicted molar refractivity (Wildman–Crippen MR) is 152 cm³/mol. The Labute approximate surface area is 232 Å². The average molecular weight is 554 g/mol. The van der Waals surface area contributed by atoms with E-state index in [2.05, 4.69) is 5.32 Å². The molecule has 0 aliphatic rings. The van der Waals surface area contributed by atoms with Gasteiger partial charge < -0.3 is 15.5 Å². The number of aliphatic hydroxyl groups is 1. The molecule has 0 spiro atoms. The van der Waals surface area contributed by atoms with Crippen LogP contribution in [0.25, 0.3) is 22.3 Å². The minimum atomic E-state index is -0.841. The minimum absolute atomic E-state index is 0.0713. The van der Waals surface area contributed by atoms with Crippen molar-refractivity contribution >= 4 is 34.5 Å². The van der Waals surface area contributed by atoms with Crippen molar-refractivity contribution in [3.63, 3.8) is 0 Å². The fourth-order valence-corrected chi connectivity index (χ4v) is 4.33. The fourth-order valence-electron chi connectivity index (χ4n) is 4.21. The summed E-state index contributed by atoms with van der Waals surface area (Å²) in [5.74, 6) is -1.24.